The molecule has 2 bridgehead atoms. The molecular formula is C15H22BrClN4O3. The van der Waals surface area contributed by atoms with Crippen LogP contribution >= 0.6 is 28.3 Å². The van der Waals surface area contributed by atoms with Crippen molar-refractivity contribution < 1.29 is 4.79 Å². The van der Waals surface area contributed by atoms with E-state index in [0.717, 1.165) is 25.7 Å². The Bertz CT molecular complexity index is 705. The van der Waals surface area contributed by atoms with E-state index in [2.05, 4.69) is 26.2 Å². The molecule has 2 atom stereocenters. The lowest BCUT2D eigenvalue weighted by atomic mass is 9.67. The number of nitrogens with one attached hydrogen (secondary N) is 2. The minimum absolute atomic E-state index is 0. The van der Waals surface area contributed by atoms with E-state index < -0.39 is 11.2 Å². The topological polar surface area (TPSA) is 110 Å². The molecule has 0 spiro atoms. The molecule has 2 unspecified atom stereocenters. The molecule has 0 aromatic carbocycles. The first-order valence-electron chi connectivity index (χ1n) is 7.98. The highest BCUT2D eigenvalue weighted by Crippen LogP contribution is 2.39. The normalized spacial score (nSPS) is 28.8. The molecule has 1 amide bonds. The van der Waals surface area contributed by atoms with Gasteiger partial charge in [-0.1, -0.05) is 6.42 Å². The number of hydrogen-bond acceptors (Lipinski definition) is 4. The van der Waals surface area contributed by atoms with Gasteiger partial charge in [0.25, 0.3) is 5.56 Å². The third-order valence-corrected chi connectivity index (χ3v) is 5.55. The van der Waals surface area contributed by atoms with Gasteiger partial charge in [-0.2, -0.15) is 0 Å². The number of H-pyrrole nitrogens is 1. The number of rotatable bonds is 3. The Labute approximate surface area is 153 Å². The number of amides is 1. The van der Waals surface area contributed by atoms with Gasteiger partial charge in [-0.15, -0.1) is 12.4 Å². The average Bonchev–Trinajstić information content (AvgIpc) is 2.46. The van der Waals surface area contributed by atoms with Crippen LogP contribution in [0.15, 0.2) is 20.3 Å². The first kappa shape index (κ1) is 19.2. The maximum atomic E-state index is 12.3. The van der Waals surface area contributed by atoms with E-state index in [4.69, 9.17) is 5.73 Å². The molecule has 1 aromatic rings. The Kier molecular flexibility index (Phi) is 6.28. The van der Waals surface area contributed by atoms with Gasteiger partial charge in [0.05, 0.1) is 4.47 Å². The van der Waals surface area contributed by atoms with E-state index >= 15 is 0 Å². The van der Waals surface area contributed by atoms with Gasteiger partial charge >= 0.3 is 5.69 Å². The number of hydrogen-bond donors (Lipinski definition) is 3. The predicted molar refractivity (Wildman–Crippen MR) is 96.2 cm³/mol. The first-order chi connectivity index (χ1) is 10.9. The fraction of sp³-hybridized carbons (Fsp3) is 0.667. The molecule has 2 fully saturated rings. The molecule has 0 saturated heterocycles. The molecule has 7 nitrogen and oxygen atoms in total. The Hall–Kier alpha value is -1.12. The van der Waals surface area contributed by atoms with Gasteiger partial charge in [-0.05, 0) is 53.4 Å². The van der Waals surface area contributed by atoms with Crippen molar-refractivity contribution in [2.45, 2.75) is 50.7 Å². The number of nitrogens with two attached hydrogens (primary N) is 1. The van der Waals surface area contributed by atoms with Crippen LogP contribution in [-0.4, -0.2) is 27.5 Å². The molecule has 0 aliphatic heterocycles. The van der Waals surface area contributed by atoms with Crippen LogP contribution < -0.4 is 22.3 Å². The molecule has 4 N–H and O–H groups in total. The van der Waals surface area contributed by atoms with Crippen LogP contribution in [0.1, 0.15) is 32.1 Å². The largest absolute Gasteiger partial charge is 0.351 e. The lowest BCUT2D eigenvalue weighted by Gasteiger charge is -2.45. The van der Waals surface area contributed by atoms with Crippen LogP contribution in [0, 0.1) is 11.8 Å². The maximum absolute atomic E-state index is 12.3. The van der Waals surface area contributed by atoms with Crippen LogP contribution in [0.3, 0.4) is 0 Å². The van der Waals surface area contributed by atoms with E-state index in [1.807, 2.05) is 0 Å². The Morgan fingerprint density at radius 1 is 1.33 bits per heavy atom. The van der Waals surface area contributed by atoms with Crippen LogP contribution in [0.4, 0.5) is 0 Å². The number of nitrogens with zero attached hydrogens (tertiary/aromatic N) is 1. The maximum Gasteiger partial charge on any atom is 0.328 e. The second-order valence-corrected chi connectivity index (χ2v) is 7.49. The highest BCUT2D eigenvalue weighted by atomic mass is 79.9. The average molecular weight is 422 g/mol. The van der Waals surface area contributed by atoms with E-state index in [-0.39, 0.29) is 41.4 Å². The summed E-state index contributed by atoms with van der Waals surface area (Å²) in [6, 6.07) is 0.383. The number of halogens is 2. The summed E-state index contributed by atoms with van der Waals surface area (Å²) in [4.78, 5) is 37.6. The quantitative estimate of drug-likeness (QED) is 0.668. The number of fused-ring (bicyclic) bond motifs is 2. The van der Waals surface area contributed by atoms with Crippen LogP contribution in [0.5, 0.6) is 0 Å². The fourth-order valence-electron chi connectivity index (χ4n) is 4.01. The SMILES string of the molecule is Cl.NC1CC2CCCC(C1)C2NC(=O)Cn1cc(Br)c(=O)[nH]c1=O. The van der Waals surface area contributed by atoms with Crippen LogP contribution in [0.25, 0.3) is 0 Å². The van der Waals surface area contributed by atoms with E-state index in [1.54, 1.807) is 0 Å². The second kappa shape index (κ2) is 7.84. The van der Waals surface area contributed by atoms with Crippen molar-refractivity contribution in [3.8, 4) is 0 Å². The number of aromatic amines is 1. The highest BCUT2D eigenvalue weighted by molar-refractivity contribution is 9.10. The smallest absolute Gasteiger partial charge is 0.328 e. The summed E-state index contributed by atoms with van der Waals surface area (Å²) in [5.74, 6) is 0.657. The van der Waals surface area contributed by atoms with Crippen molar-refractivity contribution in [2.24, 2.45) is 17.6 Å². The molecule has 2 aliphatic rings. The van der Waals surface area contributed by atoms with E-state index in [9.17, 15) is 14.4 Å². The van der Waals surface area contributed by atoms with Crippen LogP contribution in [0.2, 0.25) is 0 Å². The summed E-state index contributed by atoms with van der Waals surface area (Å²) in [5, 5.41) is 3.09. The van der Waals surface area contributed by atoms with Gasteiger partial charge in [-0.3, -0.25) is 19.1 Å². The summed E-state index contributed by atoms with van der Waals surface area (Å²) in [6.45, 7) is -0.101. The third kappa shape index (κ3) is 4.10. The number of aromatic nitrogens is 2. The molecule has 3 rings (SSSR count). The number of carbonyl (C=O) groups is 1. The zero-order chi connectivity index (χ0) is 16.6. The van der Waals surface area contributed by atoms with Gasteiger partial charge in [0.1, 0.15) is 6.54 Å². The zero-order valence-corrected chi connectivity index (χ0v) is 15.6. The van der Waals surface area contributed by atoms with Crippen LogP contribution in [-0.2, 0) is 11.3 Å². The Morgan fingerprint density at radius 3 is 2.58 bits per heavy atom. The molecular weight excluding hydrogens is 400 g/mol. The predicted octanol–water partition coefficient (Wildman–Crippen LogP) is 0.743. The van der Waals surface area contributed by atoms with Crippen molar-refractivity contribution in [3.05, 3.63) is 31.5 Å². The molecule has 2 saturated carbocycles. The molecule has 1 heterocycles. The summed E-state index contributed by atoms with van der Waals surface area (Å²) < 4.78 is 1.43. The van der Waals surface area contributed by atoms with E-state index in [0.29, 0.717) is 11.8 Å². The molecule has 24 heavy (non-hydrogen) atoms. The first-order valence-corrected chi connectivity index (χ1v) is 8.77. The minimum Gasteiger partial charge on any atom is -0.351 e. The fourth-order valence-corrected chi connectivity index (χ4v) is 4.36. The lowest BCUT2D eigenvalue weighted by molar-refractivity contribution is -0.124. The van der Waals surface area contributed by atoms with Gasteiger partial charge < -0.3 is 11.1 Å². The summed E-state index contributed by atoms with van der Waals surface area (Å²) >= 11 is 3.07. The summed E-state index contributed by atoms with van der Waals surface area (Å²) in [5.41, 5.74) is 5.01. The molecule has 134 valence electrons. The molecule has 0 radical (unpaired) electrons. The van der Waals surface area contributed by atoms with Crippen molar-refractivity contribution in [1.29, 1.82) is 0 Å². The van der Waals surface area contributed by atoms with Crippen molar-refractivity contribution in [2.75, 3.05) is 0 Å². The Balaban J connectivity index is 0.00000208. The van der Waals surface area contributed by atoms with Crippen molar-refractivity contribution in [3.63, 3.8) is 0 Å². The second-order valence-electron chi connectivity index (χ2n) is 6.64. The van der Waals surface area contributed by atoms with Gasteiger partial charge in [-0.25, -0.2) is 4.79 Å². The molecule has 2 aliphatic carbocycles. The summed E-state index contributed by atoms with van der Waals surface area (Å²) in [7, 11) is 0. The summed E-state index contributed by atoms with van der Waals surface area (Å²) in [6.07, 6.45) is 6.63. The minimum atomic E-state index is -0.584. The molecule has 1 aromatic heterocycles. The highest BCUT2D eigenvalue weighted by Gasteiger charge is 2.39. The van der Waals surface area contributed by atoms with Gasteiger partial charge in [0.15, 0.2) is 0 Å². The third-order valence-electron chi connectivity index (χ3n) is 4.99. The zero-order valence-electron chi connectivity index (χ0n) is 13.2. The molecule has 9 heteroatoms. The standard InChI is InChI=1S/C15H21BrN4O3.ClH/c16-11-6-20(15(23)19-14(11)22)7-12(21)18-13-8-2-1-3-9(13)5-10(17)4-8;/h6,8-10,13H,1-5,7,17H2,(H,18,21)(H,19,22,23);1H. The van der Waals surface area contributed by atoms with Crippen molar-refractivity contribution in [1.82, 2.24) is 14.9 Å². The monoisotopic (exact) mass is 420 g/mol. The van der Waals surface area contributed by atoms with Crippen molar-refractivity contribution >= 4 is 34.2 Å². The van der Waals surface area contributed by atoms with Gasteiger partial charge in [0.2, 0.25) is 5.91 Å². The number of carbonyl (C=O) groups excluding carboxylic acids is 1. The van der Waals surface area contributed by atoms with E-state index in [1.165, 1.54) is 17.2 Å². The Morgan fingerprint density at radius 2 is 1.96 bits per heavy atom. The van der Waals surface area contributed by atoms with Gasteiger partial charge in [0, 0.05) is 18.3 Å². The lowest BCUT2D eigenvalue weighted by Crippen LogP contribution is -2.54.